The van der Waals surface area contributed by atoms with Gasteiger partial charge >= 0.3 is 0 Å². The molecule has 0 heterocycles. The predicted octanol–water partition coefficient (Wildman–Crippen LogP) is 2.78. The van der Waals surface area contributed by atoms with Crippen LogP contribution in [0.5, 0.6) is 5.75 Å². The molecule has 0 saturated heterocycles. The van der Waals surface area contributed by atoms with Crippen LogP contribution in [0.2, 0.25) is 0 Å². The fraction of sp³-hybridized carbons (Fsp3) is 0.462. The predicted molar refractivity (Wildman–Crippen MR) is 59.1 cm³/mol. The number of ether oxygens (including phenoxy) is 1. The lowest BCUT2D eigenvalue weighted by Crippen LogP contribution is -1.94. The Labute approximate surface area is 90.3 Å². The van der Waals surface area contributed by atoms with Crippen LogP contribution in [0, 0.1) is 5.92 Å². The van der Waals surface area contributed by atoms with Crippen LogP contribution in [0.3, 0.4) is 0 Å². The van der Waals surface area contributed by atoms with Gasteiger partial charge in [0, 0.05) is 5.92 Å². The zero-order valence-electron chi connectivity index (χ0n) is 8.98. The normalized spacial score (nSPS) is 23.5. The van der Waals surface area contributed by atoms with Crippen molar-refractivity contribution in [2.45, 2.75) is 25.7 Å². The highest BCUT2D eigenvalue weighted by Gasteiger charge is 2.37. The lowest BCUT2D eigenvalue weighted by Gasteiger charge is -2.05. The average molecular weight is 204 g/mol. The number of carbonyl (C=O) groups is 1. The van der Waals surface area contributed by atoms with Crippen molar-refractivity contribution in [3.8, 4) is 5.75 Å². The zero-order valence-corrected chi connectivity index (χ0v) is 8.98. The molecule has 2 nitrogen and oxygen atoms in total. The molecule has 0 radical (unpaired) electrons. The second-order valence-corrected chi connectivity index (χ2v) is 4.06. The second kappa shape index (κ2) is 4.47. The third-order valence-corrected chi connectivity index (χ3v) is 2.80. The Balaban J connectivity index is 1.95. The minimum atomic E-state index is 0.257. The van der Waals surface area contributed by atoms with E-state index in [2.05, 4.69) is 19.1 Å². The fourth-order valence-electron chi connectivity index (χ4n) is 1.78. The summed E-state index contributed by atoms with van der Waals surface area (Å²) >= 11 is 0. The number of hydrogen-bond donors (Lipinski definition) is 0. The van der Waals surface area contributed by atoms with E-state index in [1.54, 1.807) is 0 Å². The summed E-state index contributed by atoms with van der Waals surface area (Å²) in [6, 6.07) is 8.12. The van der Waals surface area contributed by atoms with E-state index in [0.29, 0.717) is 5.92 Å². The van der Waals surface area contributed by atoms with Gasteiger partial charge in [-0.3, -0.25) is 0 Å². The molecule has 0 spiro atoms. The molecule has 1 saturated carbocycles. The summed E-state index contributed by atoms with van der Waals surface area (Å²) in [6.45, 7) is 2.85. The molecule has 2 atom stereocenters. The molecule has 0 N–H and O–H groups in total. The summed E-state index contributed by atoms with van der Waals surface area (Å²) < 4.78 is 5.49. The van der Waals surface area contributed by atoms with Crippen molar-refractivity contribution in [1.82, 2.24) is 0 Å². The van der Waals surface area contributed by atoms with Crippen LogP contribution in [-0.4, -0.2) is 12.9 Å². The first-order valence-electron chi connectivity index (χ1n) is 5.53. The smallest absolute Gasteiger partial charge is 0.123 e. The van der Waals surface area contributed by atoms with Crippen molar-refractivity contribution >= 4 is 6.29 Å². The van der Waals surface area contributed by atoms with Gasteiger partial charge in [-0.1, -0.05) is 19.1 Å². The summed E-state index contributed by atoms with van der Waals surface area (Å²) in [6.07, 6.45) is 3.10. The molecule has 1 fully saturated rings. The molecular weight excluding hydrogens is 188 g/mol. The summed E-state index contributed by atoms with van der Waals surface area (Å²) in [5.74, 6) is 1.64. The Morgan fingerprint density at radius 1 is 1.40 bits per heavy atom. The van der Waals surface area contributed by atoms with Gasteiger partial charge in [-0.05, 0) is 36.5 Å². The molecule has 0 bridgehead atoms. The monoisotopic (exact) mass is 204 g/mol. The van der Waals surface area contributed by atoms with Gasteiger partial charge in [0.1, 0.15) is 12.0 Å². The summed E-state index contributed by atoms with van der Waals surface area (Å²) in [7, 11) is 0. The lowest BCUT2D eigenvalue weighted by atomic mass is 10.1. The van der Waals surface area contributed by atoms with E-state index in [0.717, 1.165) is 31.5 Å². The van der Waals surface area contributed by atoms with E-state index < -0.39 is 0 Å². The third-order valence-electron chi connectivity index (χ3n) is 2.80. The molecule has 1 aliphatic carbocycles. The summed E-state index contributed by atoms with van der Waals surface area (Å²) in [5.41, 5.74) is 1.26. The molecule has 1 aromatic carbocycles. The molecule has 1 aliphatic rings. The van der Waals surface area contributed by atoms with Gasteiger partial charge < -0.3 is 9.53 Å². The summed E-state index contributed by atoms with van der Waals surface area (Å²) in [4.78, 5) is 10.5. The maximum absolute atomic E-state index is 10.5. The van der Waals surface area contributed by atoms with Crippen LogP contribution in [0.15, 0.2) is 24.3 Å². The fourth-order valence-corrected chi connectivity index (χ4v) is 1.78. The van der Waals surface area contributed by atoms with Gasteiger partial charge in [0.15, 0.2) is 0 Å². The molecule has 15 heavy (non-hydrogen) atoms. The van der Waals surface area contributed by atoms with Crippen LogP contribution in [0.1, 0.15) is 31.2 Å². The van der Waals surface area contributed by atoms with Crippen molar-refractivity contribution in [1.29, 1.82) is 0 Å². The summed E-state index contributed by atoms with van der Waals surface area (Å²) in [5, 5.41) is 0. The molecule has 0 amide bonds. The van der Waals surface area contributed by atoms with Gasteiger partial charge in [-0.25, -0.2) is 0 Å². The number of carbonyl (C=O) groups excluding carboxylic acids is 1. The largest absolute Gasteiger partial charge is 0.494 e. The SMILES string of the molecule is CCCOc1ccc(C2CC2C=O)cc1. The minimum Gasteiger partial charge on any atom is -0.494 e. The Hall–Kier alpha value is -1.31. The average Bonchev–Trinajstić information content (AvgIpc) is 3.06. The Morgan fingerprint density at radius 3 is 2.67 bits per heavy atom. The Morgan fingerprint density at radius 2 is 2.13 bits per heavy atom. The van der Waals surface area contributed by atoms with E-state index in [-0.39, 0.29) is 5.92 Å². The van der Waals surface area contributed by atoms with Gasteiger partial charge in [-0.2, -0.15) is 0 Å². The van der Waals surface area contributed by atoms with Crippen LogP contribution < -0.4 is 4.74 Å². The molecule has 2 heteroatoms. The van der Waals surface area contributed by atoms with Crippen LogP contribution in [0.4, 0.5) is 0 Å². The van der Waals surface area contributed by atoms with Crippen molar-refractivity contribution in [2.75, 3.05) is 6.61 Å². The maximum atomic E-state index is 10.5. The number of rotatable bonds is 5. The standard InChI is InChI=1S/C13H16O2/c1-2-7-15-12-5-3-10(4-6-12)13-8-11(13)9-14/h3-6,9,11,13H,2,7-8H2,1H3. The minimum absolute atomic E-state index is 0.257. The first-order valence-corrected chi connectivity index (χ1v) is 5.53. The van der Waals surface area contributed by atoms with E-state index in [1.165, 1.54) is 5.56 Å². The molecule has 2 rings (SSSR count). The van der Waals surface area contributed by atoms with Crippen LogP contribution in [-0.2, 0) is 4.79 Å². The molecule has 0 aromatic heterocycles. The van der Waals surface area contributed by atoms with Crippen molar-refractivity contribution in [3.05, 3.63) is 29.8 Å². The highest BCUT2D eigenvalue weighted by atomic mass is 16.5. The first kappa shape index (κ1) is 10.2. The number of benzene rings is 1. The Kier molecular flexibility index (Phi) is 3.05. The van der Waals surface area contributed by atoms with Gasteiger partial charge in [0.2, 0.25) is 0 Å². The molecule has 80 valence electrons. The van der Waals surface area contributed by atoms with Gasteiger partial charge in [0.25, 0.3) is 0 Å². The Bertz CT molecular complexity index is 329. The molecule has 2 unspecified atom stereocenters. The van der Waals surface area contributed by atoms with E-state index in [1.807, 2.05) is 12.1 Å². The van der Waals surface area contributed by atoms with Crippen LogP contribution in [0.25, 0.3) is 0 Å². The quantitative estimate of drug-likeness (QED) is 0.689. The van der Waals surface area contributed by atoms with Crippen molar-refractivity contribution in [2.24, 2.45) is 5.92 Å². The van der Waals surface area contributed by atoms with Crippen molar-refractivity contribution < 1.29 is 9.53 Å². The van der Waals surface area contributed by atoms with E-state index in [4.69, 9.17) is 4.74 Å². The van der Waals surface area contributed by atoms with E-state index >= 15 is 0 Å². The molecular formula is C13H16O2. The zero-order chi connectivity index (χ0) is 10.7. The molecule has 0 aliphatic heterocycles. The van der Waals surface area contributed by atoms with Crippen LogP contribution >= 0.6 is 0 Å². The lowest BCUT2D eigenvalue weighted by molar-refractivity contribution is -0.108. The highest BCUT2D eigenvalue weighted by molar-refractivity contribution is 5.61. The number of hydrogen-bond acceptors (Lipinski definition) is 2. The number of aldehydes is 1. The second-order valence-electron chi connectivity index (χ2n) is 4.06. The third kappa shape index (κ3) is 2.38. The van der Waals surface area contributed by atoms with E-state index in [9.17, 15) is 4.79 Å². The topological polar surface area (TPSA) is 26.3 Å². The first-order chi connectivity index (χ1) is 7.35. The molecule has 1 aromatic rings. The van der Waals surface area contributed by atoms with Gasteiger partial charge in [0.05, 0.1) is 6.61 Å². The highest BCUT2D eigenvalue weighted by Crippen LogP contribution is 2.46. The van der Waals surface area contributed by atoms with Crippen molar-refractivity contribution in [3.63, 3.8) is 0 Å². The van der Waals surface area contributed by atoms with Gasteiger partial charge in [-0.15, -0.1) is 0 Å². The maximum Gasteiger partial charge on any atom is 0.123 e.